The zero-order valence-corrected chi connectivity index (χ0v) is 9.35. The van der Waals surface area contributed by atoms with Gasteiger partial charge in [-0.2, -0.15) is 0 Å². The highest BCUT2D eigenvalue weighted by molar-refractivity contribution is 5.90. The van der Waals surface area contributed by atoms with E-state index < -0.39 is 16.3 Å². The van der Waals surface area contributed by atoms with E-state index in [-0.39, 0.29) is 11.3 Å². The smallest absolute Gasteiger partial charge is 0.335 e. The molecule has 0 saturated heterocycles. The second kappa shape index (κ2) is 3.92. The summed E-state index contributed by atoms with van der Waals surface area (Å²) >= 11 is 0. The average molecular weight is 223 g/mol. The molecule has 16 heavy (non-hydrogen) atoms. The van der Waals surface area contributed by atoms with Gasteiger partial charge in [0.05, 0.1) is 10.5 Å². The van der Waals surface area contributed by atoms with Crippen LogP contribution in [0.25, 0.3) is 0 Å². The number of carboxylic acids is 1. The zero-order chi connectivity index (χ0) is 12.5. The minimum atomic E-state index is -1.07. The van der Waals surface area contributed by atoms with Crippen LogP contribution in [0.4, 0.5) is 5.69 Å². The van der Waals surface area contributed by atoms with Gasteiger partial charge in [0, 0.05) is 12.1 Å². The summed E-state index contributed by atoms with van der Waals surface area (Å²) < 4.78 is 0. The van der Waals surface area contributed by atoms with Crippen molar-refractivity contribution >= 4 is 11.7 Å². The monoisotopic (exact) mass is 223 g/mol. The molecule has 1 rings (SSSR count). The highest BCUT2D eigenvalue weighted by atomic mass is 16.6. The maximum Gasteiger partial charge on any atom is 0.335 e. The van der Waals surface area contributed by atoms with E-state index >= 15 is 0 Å². The summed E-state index contributed by atoms with van der Waals surface area (Å²) in [6, 6.07) is 3.81. The summed E-state index contributed by atoms with van der Waals surface area (Å²) in [6.07, 6.45) is 0. The number of benzene rings is 1. The molecule has 5 nitrogen and oxygen atoms in total. The number of aromatic carboxylic acids is 1. The molecule has 5 heteroatoms. The SMILES string of the molecule is CC(C)(C)c1cc([N+](=O)[O-])ccc1C(=O)O. The number of carboxylic acid groups (broad SMARTS) is 1. The Morgan fingerprint density at radius 1 is 1.38 bits per heavy atom. The van der Waals surface area contributed by atoms with E-state index in [0.29, 0.717) is 5.56 Å². The molecule has 0 bridgehead atoms. The topological polar surface area (TPSA) is 80.4 Å². The fourth-order valence-corrected chi connectivity index (χ4v) is 1.45. The molecule has 0 radical (unpaired) electrons. The summed E-state index contributed by atoms with van der Waals surface area (Å²) in [6.45, 7) is 5.45. The van der Waals surface area contributed by atoms with Gasteiger partial charge in [-0.05, 0) is 17.0 Å². The fourth-order valence-electron chi connectivity index (χ4n) is 1.45. The molecule has 0 amide bonds. The number of nitro groups is 1. The van der Waals surface area contributed by atoms with Crippen LogP contribution in [0.5, 0.6) is 0 Å². The van der Waals surface area contributed by atoms with Gasteiger partial charge in [0.1, 0.15) is 0 Å². The highest BCUT2D eigenvalue weighted by Gasteiger charge is 2.24. The molecule has 0 aliphatic heterocycles. The van der Waals surface area contributed by atoms with Crippen molar-refractivity contribution < 1.29 is 14.8 Å². The molecule has 0 fully saturated rings. The van der Waals surface area contributed by atoms with Crippen LogP contribution in [0.3, 0.4) is 0 Å². The van der Waals surface area contributed by atoms with E-state index in [1.165, 1.54) is 18.2 Å². The van der Waals surface area contributed by atoms with Gasteiger partial charge in [0.25, 0.3) is 5.69 Å². The number of carbonyl (C=O) groups is 1. The molecule has 0 spiro atoms. The molecular formula is C11H13NO4. The first-order chi connectivity index (χ1) is 7.23. The maximum atomic E-state index is 11.0. The molecule has 0 atom stereocenters. The van der Waals surface area contributed by atoms with Crippen LogP contribution in [-0.4, -0.2) is 16.0 Å². The predicted molar refractivity (Wildman–Crippen MR) is 58.8 cm³/mol. The molecule has 1 aromatic carbocycles. The normalized spacial score (nSPS) is 11.2. The quantitative estimate of drug-likeness (QED) is 0.617. The predicted octanol–water partition coefficient (Wildman–Crippen LogP) is 2.59. The van der Waals surface area contributed by atoms with E-state index in [0.717, 1.165) is 0 Å². The van der Waals surface area contributed by atoms with Crippen molar-refractivity contribution in [1.82, 2.24) is 0 Å². The Bertz CT molecular complexity index is 446. The Morgan fingerprint density at radius 3 is 2.31 bits per heavy atom. The summed E-state index contributed by atoms with van der Waals surface area (Å²) in [7, 11) is 0. The van der Waals surface area contributed by atoms with E-state index in [2.05, 4.69) is 0 Å². The van der Waals surface area contributed by atoms with Gasteiger partial charge < -0.3 is 5.11 Å². The molecule has 86 valence electrons. The van der Waals surface area contributed by atoms with Crippen molar-refractivity contribution in [2.75, 3.05) is 0 Å². The van der Waals surface area contributed by atoms with Crippen LogP contribution in [0.15, 0.2) is 18.2 Å². The van der Waals surface area contributed by atoms with E-state index in [9.17, 15) is 14.9 Å². The van der Waals surface area contributed by atoms with Gasteiger partial charge >= 0.3 is 5.97 Å². The Morgan fingerprint density at radius 2 is 1.94 bits per heavy atom. The van der Waals surface area contributed by atoms with E-state index in [1.54, 1.807) is 0 Å². The Hall–Kier alpha value is -1.91. The van der Waals surface area contributed by atoms with Gasteiger partial charge in [-0.1, -0.05) is 20.8 Å². The minimum absolute atomic E-state index is 0.0880. The number of hydrogen-bond acceptors (Lipinski definition) is 3. The third-order valence-corrected chi connectivity index (χ3v) is 2.25. The van der Waals surface area contributed by atoms with Crippen molar-refractivity contribution in [1.29, 1.82) is 0 Å². The van der Waals surface area contributed by atoms with Crippen molar-refractivity contribution in [3.05, 3.63) is 39.4 Å². The molecule has 1 N–H and O–H groups in total. The van der Waals surface area contributed by atoms with Crippen LogP contribution < -0.4 is 0 Å². The van der Waals surface area contributed by atoms with Gasteiger partial charge in [-0.15, -0.1) is 0 Å². The molecule has 0 heterocycles. The second-order valence-electron chi connectivity index (χ2n) is 4.54. The Labute approximate surface area is 92.9 Å². The number of rotatable bonds is 2. The standard InChI is InChI=1S/C11H13NO4/c1-11(2,3)9-6-7(12(15)16)4-5-8(9)10(13)14/h4-6H,1-3H3,(H,13,14). The van der Waals surface area contributed by atoms with E-state index in [1.807, 2.05) is 20.8 Å². The van der Waals surface area contributed by atoms with Gasteiger partial charge in [0.15, 0.2) is 0 Å². The summed E-state index contributed by atoms with van der Waals surface area (Å²) in [5, 5.41) is 19.6. The first-order valence-electron chi connectivity index (χ1n) is 4.75. The minimum Gasteiger partial charge on any atom is -0.478 e. The van der Waals surface area contributed by atoms with Crippen LogP contribution in [0.1, 0.15) is 36.7 Å². The third kappa shape index (κ3) is 2.36. The van der Waals surface area contributed by atoms with Gasteiger partial charge in [-0.3, -0.25) is 10.1 Å². The summed E-state index contributed by atoms with van der Waals surface area (Å²) in [5.41, 5.74) is 0.0435. The lowest BCUT2D eigenvalue weighted by Gasteiger charge is -2.20. The van der Waals surface area contributed by atoms with Crippen LogP contribution in [-0.2, 0) is 5.41 Å². The highest BCUT2D eigenvalue weighted by Crippen LogP contribution is 2.29. The number of hydrogen-bond donors (Lipinski definition) is 1. The molecule has 0 saturated carbocycles. The van der Waals surface area contributed by atoms with E-state index in [4.69, 9.17) is 5.11 Å². The van der Waals surface area contributed by atoms with Crippen LogP contribution in [0.2, 0.25) is 0 Å². The maximum absolute atomic E-state index is 11.0. The average Bonchev–Trinajstić information content (AvgIpc) is 2.15. The van der Waals surface area contributed by atoms with Crippen molar-refractivity contribution in [3.63, 3.8) is 0 Å². The lowest BCUT2D eigenvalue weighted by atomic mass is 9.83. The molecule has 0 aliphatic carbocycles. The van der Waals surface area contributed by atoms with Crippen molar-refractivity contribution in [2.45, 2.75) is 26.2 Å². The fraction of sp³-hybridized carbons (Fsp3) is 0.364. The van der Waals surface area contributed by atoms with Crippen molar-refractivity contribution in [2.24, 2.45) is 0 Å². The lowest BCUT2D eigenvalue weighted by molar-refractivity contribution is -0.385. The third-order valence-electron chi connectivity index (χ3n) is 2.25. The summed E-state index contributed by atoms with van der Waals surface area (Å²) in [4.78, 5) is 21.1. The molecule has 1 aromatic rings. The molecule has 0 unspecified atom stereocenters. The van der Waals surface area contributed by atoms with Gasteiger partial charge in [0.2, 0.25) is 0 Å². The molecule has 0 aliphatic rings. The number of non-ortho nitro benzene ring substituents is 1. The largest absolute Gasteiger partial charge is 0.478 e. The van der Waals surface area contributed by atoms with Crippen molar-refractivity contribution in [3.8, 4) is 0 Å². The zero-order valence-electron chi connectivity index (χ0n) is 9.35. The number of nitrogens with zero attached hydrogens (tertiary/aromatic N) is 1. The first kappa shape index (κ1) is 12.2. The lowest BCUT2D eigenvalue weighted by Crippen LogP contribution is -2.17. The number of nitro benzene ring substituents is 1. The summed E-state index contributed by atoms with van der Waals surface area (Å²) in [5.74, 6) is -1.07. The Balaban J connectivity index is 3.45. The van der Waals surface area contributed by atoms with Gasteiger partial charge in [-0.25, -0.2) is 4.79 Å². The second-order valence-corrected chi connectivity index (χ2v) is 4.54. The molecule has 0 aromatic heterocycles. The van der Waals surface area contributed by atoms with Crippen LogP contribution in [0, 0.1) is 10.1 Å². The Kier molecular flexibility index (Phi) is 2.98. The van der Waals surface area contributed by atoms with Crippen LogP contribution >= 0.6 is 0 Å². The first-order valence-corrected chi connectivity index (χ1v) is 4.75. The molecular weight excluding hydrogens is 210 g/mol.